The summed E-state index contributed by atoms with van der Waals surface area (Å²) in [6, 6.07) is 8.87. The zero-order valence-electron chi connectivity index (χ0n) is 20.2. The van der Waals surface area contributed by atoms with Crippen LogP contribution in [0, 0.1) is 11.6 Å². The number of nitrogens with zero attached hydrogens (tertiary/aromatic N) is 5. The van der Waals surface area contributed by atoms with E-state index in [-0.39, 0.29) is 20.8 Å². The summed E-state index contributed by atoms with van der Waals surface area (Å²) in [4.78, 5) is 18.8. The van der Waals surface area contributed by atoms with Gasteiger partial charge >= 0.3 is 6.09 Å². The van der Waals surface area contributed by atoms with E-state index >= 15 is 4.39 Å². The summed E-state index contributed by atoms with van der Waals surface area (Å²) < 4.78 is 62.2. The quantitative estimate of drug-likeness (QED) is 0.233. The molecule has 1 N–H and O–H groups in total. The third-order valence-electron chi connectivity index (χ3n) is 5.55. The SMILES string of the molecule is Cn1cc(-c2cc(-c3ccc(F)cc3)ncc2Oc2cc(F)c(S(=O)(=O)N(C(=O)O)c3cscn3)cc2Cl)cn1. The zero-order valence-corrected chi connectivity index (χ0v) is 22.6. The average molecular weight is 604 g/mol. The molecule has 1 amide bonds. The number of aryl methyl sites for hydroxylation is 1. The Morgan fingerprint density at radius 1 is 1.07 bits per heavy atom. The summed E-state index contributed by atoms with van der Waals surface area (Å²) in [5.74, 6) is -2.25. The number of hydrogen-bond acceptors (Lipinski definition) is 8. The predicted octanol–water partition coefficient (Wildman–Crippen LogP) is 6.20. The lowest BCUT2D eigenvalue weighted by Gasteiger charge is -2.18. The average Bonchev–Trinajstić information content (AvgIpc) is 3.58. The van der Waals surface area contributed by atoms with Crippen LogP contribution in [0.5, 0.6) is 11.5 Å². The standard InChI is InChI=1S/C25H16ClF2N5O5S2/c1-32-11-15(9-31-32)17-6-20(14-2-4-16(27)5-3-14)29-10-22(17)38-21-8-19(28)23(7-18(21)26)40(36,37)33(25(34)35)24-12-39-13-30-24/h2-13H,1H3,(H,34,35). The predicted molar refractivity (Wildman–Crippen MR) is 143 cm³/mol. The molecule has 0 atom stereocenters. The number of rotatable bonds is 7. The maximum Gasteiger partial charge on any atom is 0.427 e. The molecule has 3 heterocycles. The monoisotopic (exact) mass is 603 g/mol. The van der Waals surface area contributed by atoms with Gasteiger partial charge in [-0.15, -0.1) is 15.6 Å². The van der Waals surface area contributed by atoms with Gasteiger partial charge < -0.3 is 9.84 Å². The lowest BCUT2D eigenvalue weighted by molar-refractivity contribution is 0.206. The Hall–Kier alpha value is -4.40. The van der Waals surface area contributed by atoms with E-state index in [0.29, 0.717) is 22.4 Å². The van der Waals surface area contributed by atoms with Gasteiger partial charge in [-0.05, 0) is 36.4 Å². The first-order valence-corrected chi connectivity index (χ1v) is 13.9. The van der Waals surface area contributed by atoms with Crippen LogP contribution in [0.25, 0.3) is 22.4 Å². The summed E-state index contributed by atoms with van der Waals surface area (Å²) in [7, 11) is -3.23. The molecular formula is C25H16ClF2N5O5S2. The van der Waals surface area contributed by atoms with Gasteiger partial charge in [0.2, 0.25) is 0 Å². The maximum atomic E-state index is 15.2. The summed E-state index contributed by atoms with van der Waals surface area (Å²) >= 11 is 7.26. The number of halogens is 3. The minimum Gasteiger partial charge on any atom is -0.464 e. The molecule has 10 nitrogen and oxygen atoms in total. The van der Waals surface area contributed by atoms with Crippen LogP contribution in [0.15, 0.2) is 76.8 Å². The highest BCUT2D eigenvalue weighted by molar-refractivity contribution is 7.93. The lowest BCUT2D eigenvalue weighted by atomic mass is 10.1. The van der Waals surface area contributed by atoms with Crippen molar-refractivity contribution in [1.29, 1.82) is 0 Å². The number of thiazole rings is 1. The van der Waals surface area contributed by atoms with Crippen molar-refractivity contribution in [3.63, 3.8) is 0 Å². The second kappa shape index (κ2) is 10.6. The number of sulfonamides is 1. The molecule has 3 aromatic heterocycles. The number of amides is 1. The first-order chi connectivity index (χ1) is 19.0. The normalized spacial score (nSPS) is 11.4. The van der Waals surface area contributed by atoms with Crippen LogP contribution >= 0.6 is 22.9 Å². The summed E-state index contributed by atoms with van der Waals surface area (Å²) in [6.45, 7) is 0. The molecule has 5 aromatic rings. The fourth-order valence-electron chi connectivity index (χ4n) is 3.72. The minimum absolute atomic E-state index is 0.0443. The van der Waals surface area contributed by atoms with Crippen molar-refractivity contribution in [2.24, 2.45) is 7.05 Å². The van der Waals surface area contributed by atoms with Crippen molar-refractivity contribution in [2.45, 2.75) is 4.90 Å². The molecular weight excluding hydrogens is 588 g/mol. The Bertz CT molecular complexity index is 1830. The summed E-state index contributed by atoms with van der Waals surface area (Å²) in [5, 5.41) is 14.5. The zero-order chi connectivity index (χ0) is 28.6. The first-order valence-electron chi connectivity index (χ1n) is 11.1. The van der Waals surface area contributed by atoms with Gasteiger partial charge in [-0.2, -0.15) is 5.10 Å². The van der Waals surface area contributed by atoms with E-state index in [1.807, 2.05) is 0 Å². The molecule has 0 aliphatic heterocycles. The van der Waals surface area contributed by atoms with Gasteiger partial charge in [0, 0.05) is 41.4 Å². The van der Waals surface area contributed by atoms with E-state index < -0.39 is 38.5 Å². The molecule has 0 unspecified atom stereocenters. The van der Waals surface area contributed by atoms with E-state index in [2.05, 4.69) is 15.1 Å². The largest absolute Gasteiger partial charge is 0.464 e. The third-order valence-corrected chi connectivity index (χ3v) is 8.11. The Morgan fingerprint density at radius 2 is 1.82 bits per heavy atom. The van der Waals surface area contributed by atoms with Gasteiger partial charge in [-0.25, -0.2) is 27.0 Å². The topological polar surface area (TPSA) is 128 Å². The van der Waals surface area contributed by atoms with Gasteiger partial charge in [0.05, 0.1) is 28.6 Å². The van der Waals surface area contributed by atoms with Crippen LogP contribution in [-0.4, -0.2) is 39.4 Å². The van der Waals surface area contributed by atoms with Crippen molar-refractivity contribution in [3.05, 3.63) is 88.6 Å². The second-order valence-corrected chi connectivity index (χ2v) is 11.1. The van der Waals surface area contributed by atoms with Gasteiger partial charge in [0.25, 0.3) is 10.0 Å². The number of carbonyl (C=O) groups is 1. The highest BCUT2D eigenvalue weighted by atomic mass is 35.5. The Kier molecular flexibility index (Phi) is 7.23. The second-order valence-electron chi connectivity index (χ2n) is 8.19. The molecule has 2 aromatic carbocycles. The van der Waals surface area contributed by atoms with Crippen LogP contribution in [0.1, 0.15) is 0 Å². The molecule has 0 saturated heterocycles. The van der Waals surface area contributed by atoms with Gasteiger partial charge in [-0.1, -0.05) is 11.6 Å². The highest BCUT2D eigenvalue weighted by Crippen LogP contribution is 2.39. The van der Waals surface area contributed by atoms with Crippen LogP contribution < -0.4 is 9.04 Å². The number of ether oxygens (including phenoxy) is 1. The number of hydrogen-bond donors (Lipinski definition) is 1. The number of benzene rings is 2. The van der Waals surface area contributed by atoms with Crippen LogP contribution in [0.2, 0.25) is 5.02 Å². The van der Waals surface area contributed by atoms with E-state index in [9.17, 15) is 22.7 Å². The highest BCUT2D eigenvalue weighted by Gasteiger charge is 2.35. The summed E-state index contributed by atoms with van der Waals surface area (Å²) in [6.07, 6.45) is 2.74. The maximum absolute atomic E-state index is 15.2. The number of aromatic nitrogens is 4. The van der Waals surface area contributed by atoms with E-state index in [1.54, 1.807) is 42.3 Å². The Balaban J connectivity index is 1.55. The Morgan fingerprint density at radius 3 is 2.45 bits per heavy atom. The van der Waals surface area contributed by atoms with E-state index in [0.717, 1.165) is 23.5 Å². The van der Waals surface area contributed by atoms with Crippen molar-refractivity contribution in [3.8, 4) is 33.9 Å². The molecule has 0 saturated carbocycles. The number of anilines is 1. The van der Waals surface area contributed by atoms with Crippen molar-refractivity contribution in [1.82, 2.24) is 19.7 Å². The molecule has 204 valence electrons. The Labute approximate surface area is 234 Å². The van der Waals surface area contributed by atoms with Crippen LogP contribution in [0.3, 0.4) is 0 Å². The van der Waals surface area contributed by atoms with E-state index in [1.165, 1.54) is 29.2 Å². The molecule has 0 fully saturated rings. The third kappa shape index (κ3) is 5.23. The van der Waals surface area contributed by atoms with Gasteiger partial charge in [0.1, 0.15) is 22.3 Å². The van der Waals surface area contributed by atoms with Crippen LogP contribution in [0.4, 0.5) is 19.4 Å². The molecule has 0 aliphatic carbocycles. The van der Waals surface area contributed by atoms with Crippen molar-refractivity contribution >= 4 is 44.9 Å². The first kappa shape index (κ1) is 27.2. The van der Waals surface area contributed by atoms with Crippen LogP contribution in [-0.2, 0) is 17.1 Å². The van der Waals surface area contributed by atoms with Gasteiger partial charge in [0.15, 0.2) is 11.6 Å². The van der Waals surface area contributed by atoms with E-state index in [4.69, 9.17) is 16.3 Å². The molecule has 15 heteroatoms. The summed E-state index contributed by atoms with van der Waals surface area (Å²) in [5.41, 5.74) is 3.44. The molecule has 0 bridgehead atoms. The fourth-order valence-corrected chi connectivity index (χ4v) is 5.89. The number of pyridine rings is 1. The van der Waals surface area contributed by atoms with Crippen molar-refractivity contribution in [2.75, 3.05) is 4.31 Å². The fraction of sp³-hybridized carbons (Fsp3) is 0.0400. The molecule has 0 aliphatic rings. The number of carboxylic acid groups (broad SMARTS) is 1. The minimum atomic E-state index is -4.94. The smallest absolute Gasteiger partial charge is 0.427 e. The van der Waals surface area contributed by atoms with Gasteiger partial charge in [-0.3, -0.25) is 9.67 Å². The molecule has 0 spiro atoms. The molecule has 5 rings (SSSR count). The molecule has 0 radical (unpaired) electrons. The molecule has 40 heavy (non-hydrogen) atoms. The van der Waals surface area contributed by atoms with Crippen molar-refractivity contribution < 1.29 is 31.8 Å². The lowest BCUT2D eigenvalue weighted by Crippen LogP contribution is -2.36.